The molecule has 0 saturated carbocycles. The van der Waals surface area contributed by atoms with Gasteiger partial charge in [0.15, 0.2) is 5.78 Å². The zero-order valence-electron chi connectivity index (χ0n) is 15.3. The lowest BCUT2D eigenvalue weighted by Gasteiger charge is -2.20. The van der Waals surface area contributed by atoms with Gasteiger partial charge in [0, 0.05) is 35.7 Å². The van der Waals surface area contributed by atoms with Crippen LogP contribution in [0.3, 0.4) is 0 Å². The topological polar surface area (TPSA) is 65.2 Å². The van der Waals surface area contributed by atoms with Gasteiger partial charge in [-0.15, -0.1) is 0 Å². The van der Waals surface area contributed by atoms with Crippen molar-refractivity contribution in [2.24, 2.45) is 0 Å². The average Bonchev–Trinajstić information content (AvgIpc) is 3.15. The molecule has 2 aromatic rings. The molecule has 2 heterocycles. The molecular weight excluding hydrogens is 314 g/mol. The molecule has 132 valence electrons. The highest BCUT2D eigenvalue weighted by atomic mass is 16.2. The Bertz CT molecular complexity index is 830. The molecule has 2 N–H and O–H groups in total. The second-order valence-electron chi connectivity index (χ2n) is 6.83. The molecule has 0 radical (unpaired) electrons. The summed E-state index contributed by atoms with van der Waals surface area (Å²) in [7, 11) is 0. The fraction of sp³-hybridized carbons (Fsp3) is 0.400. The number of hydrogen-bond acceptors (Lipinski definition) is 3. The zero-order valence-corrected chi connectivity index (χ0v) is 15.3. The molecule has 1 aliphatic rings. The standard InChI is InChI=1S/C20H25N3O2/c1-12-11-16(7-8-17(12)23-9-5-6-10-23)22-20(25)19-13(2)18(15(4)24)14(3)21-19/h7-8,11,21H,5-6,9-10H2,1-4H3,(H,22,25). The van der Waals surface area contributed by atoms with E-state index in [0.717, 1.165) is 30.0 Å². The van der Waals surface area contributed by atoms with E-state index in [1.54, 1.807) is 6.92 Å². The van der Waals surface area contributed by atoms with Crippen LogP contribution in [0.1, 0.15) is 57.4 Å². The molecular formula is C20H25N3O2. The van der Waals surface area contributed by atoms with Crippen LogP contribution in [0.5, 0.6) is 0 Å². The van der Waals surface area contributed by atoms with Crippen molar-refractivity contribution in [2.45, 2.75) is 40.5 Å². The summed E-state index contributed by atoms with van der Waals surface area (Å²) in [6.45, 7) is 9.40. The molecule has 1 aliphatic heterocycles. The Morgan fingerprint density at radius 1 is 1.12 bits per heavy atom. The van der Waals surface area contributed by atoms with Gasteiger partial charge in [0.1, 0.15) is 5.69 Å². The van der Waals surface area contributed by atoms with Crippen LogP contribution in [0.4, 0.5) is 11.4 Å². The van der Waals surface area contributed by atoms with Gasteiger partial charge in [0.2, 0.25) is 0 Å². The number of aromatic amines is 1. The number of anilines is 2. The third-order valence-corrected chi connectivity index (χ3v) is 4.92. The number of ketones is 1. The molecule has 3 rings (SSSR count). The summed E-state index contributed by atoms with van der Waals surface area (Å²) in [5.41, 5.74) is 5.64. The summed E-state index contributed by atoms with van der Waals surface area (Å²) >= 11 is 0. The number of aromatic nitrogens is 1. The van der Waals surface area contributed by atoms with Gasteiger partial charge >= 0.3 is 0 Å². The van der Waals surface area contributed by atoms with Gasteiger partial charge in [-0.2, -0.15) is 0 Å². The van der Waals surface area contributed by atoms with Crippen molar-refractivity contribution >= 4 is 23.1 Å². The van der Waals surface area contributed by atoms with Gasteiger partial charge < -0.3 is 15.2 Å². The number of nitrogens with zero attached hydrogens (tertiary/aromatic N) is 1. The number of nitrogens with one attached hydrogen (secondary N) is 2. The second-order valence-corrected chi connectivity index (χ2v) is 6.83. The molecule has 5 heteroatoms. The molecule has 0 aliphatic carbocycles. The van der Waals surface area contributed by atoms with Crippen molar-refractivity contribution in [3.63, 3.8) is 0 Å². The summed E-state index contributed by atoms with van der Waals surface area (Å²) < 4.78 is 0. The fourth-order valence-electron chi connectivity index (χ4n) is 3.74. The number of amides is 1. The molecule has 1 amide bonds. The molecule has 5 nitrogen and oxygen atoms in total. The van der Waals surface area contributed by atoms with Crippen molar-refractivity contribution in [1.82, 2.24) is 4.98 Å². The minimum atomic E-state index is -0.221. The van der Waals surface area contributed by atoms with Gasteiger partial charge in [0.25, 0.3) is 5.91 Å². The SMILES string of the molecule is CC(=O)c1c(C)[nH]c(C(=O)Nc2ccc(N3CCCC3)c(C)c2)c1C. The number of rotatable bonds is 4. The molecule has 0 atom stereocenters. The lowest BCUT2D eigenvalue weighted by atomic mass is 10.1. The first kappa shape index (κ1) is 17.3. The van der Waals surface area contributed by atoms with E-state index in [-0.39, 0.29) is 11.7 Å². The van der Waals surface area contributed by atoms with Gasteiger partial charge in [-0.3, -0.25) is 9.59 Å². The number of carbonyl (C=O) groups excluding carboxylic acids is 2. The lowest BCUT2D eigenvalue weighted by molar-refractivity contribution is 0.101. The predicted molar refractivity (Wildman–Crippen MR) is 101 cm³/mol. The van der Waals surface area contributed by atoms with E-state index in [2.05, 4.69) is 28.2 Å². The number of carbonyl (C=O) groups is 2. The van der Waals surface area contributed by atoms with Crippen LogP contribution in [0.15, 0.2) is 18.2 Å². The quantitative estimate of drug-likeness (QED) is 0.828. The van der Waals surface area contributed by atoms with Crippen LogP contribution in [-0.4, -0.2) is 29.8 Å². The predicted octanol–water partition coefficient (Wildman–Crippen LogP) is 4.00. The molecule has 1 aromatic carbocycles. The summed E-state index contributed by atoms with van der Waals surface area (Å²) in [6, 6.07) is 6.02. The largest absolute Gasteiger partial charge is 0.371 e. The van der Waals surface area contributed by atoms with Crippen LogP contribution in [-0.2, 0) is 0 Å². The summed E-state index contributed by atoms with van der Waals surface area (Å²) in [5, 5.41) is 2.94. The molecule has 1 saturated heterocycles. The summed E-state index contributed by atoms with van der Waals surface area (Å²) in [5.74, 6) is -0.252. The maximum absolute atomic E-state index is 12.6. The van der Waals surface area contributed by atoms with Crippen LogP contribution in [0.25, 0.3) is 0 Å². The summed E-state index contributed by atoms with van der Waals surface area (Å²) in [6.07, 6.45) is 2.48. The fourth-order valence-corrected chi connectivity index (χ4v) is 3.74. The third kappa shape index (κ3) is 3.31. The van der Waals surface area contributed by atoms with E-state index < -0.39 is 0 Å². The number of hydrogen-bond donors (Lipinski definition) is 2. The molecule has 0 bridgehead atoms. The smallest absolute Gasteiger partial charge is 0.272 e. The van der Waals surface area contributed by atoms with E-state index in [1.807, 2.05) is 19.1 Å². The molecule has 1 fully saturated rings. The normalized spacial score (nSPS) is 14.0. The van der Waals surface area contributed by atoms with E-state index in [9.17, 15) is 9.59 Å². The number of aryl methyl sites for hydroxylation is 2. The highest BCUT2D eigenvalue weighted by Crippen LogP contribution is 2.27. The second kappa shape index (κ2) is 6.75. The Balaban J connectivity index is 1.80. The van der Waals surface area contributed by atoms with E-state index in [1.165, 1.54) is 25.5 Å². The number of benzene rings is 1. The molecule has 1 aromatic heterocycles. The van der Waals surface area contributed by atoms with Crippen molar-refractivity contribution in [1.29, 1.82) is 0 Å². The van der Waals surface area contributed by atoms with Crippen molar-refractivity contribution in [3.8, 4) is 0 Å². The van der Waals surface area contributed by atoms with Crippen LogP contribution in [0, 0.1) is 20.8 Å². The first-order chi connectivity index (χ1) is 11.9. The first-order valence-electron chi connectivity index (χ1n) is 8.75. The Labute approximate surface area is 148 Å². The highest BCUT2D eigenvalue weighted by Gasteiger charge is 2.20. The first-order valence-corrected chi connectivity index (χ1v) is 8.75. The maximum atomic E-state index is 12.6. The number of H-pyrrole nitrogens is 1. The molecule has 0 unspecified atom stereocenters. The Morgan fingerprint density at radius 3 is 2.36 bits per heavy atom. The van der Waals surface area contributed by atoms with Crippen LogP contribution in [0.2, 0.25) is 0 Å². The van der Waals surface area contributed by atoms with Crippen LogP contribution < -0.4 is 10.2 Å². The highest BCUT2D eigenvalue weighted by molar-refractivity contribution is 6.07. The van der Waals surface area contributed by atoms with Gasteiger partial charge in [-0.1, -0.05) is 0 Å². The lowest BCUT2D eigenvalue weighted by Crippen LogP contribution is -2.19. The maximum Gasteiger partial charge on any atom is 0.272 e. The van der Waals surface area contributed by atoms with E-state index in [0.29, 0.717) is 16.8 Å². The zero-order chi connectivity index (χ0) is 18.1. The molecule has 0 spiro atoms. The van der Waals surface area contributed by atoms with Gasteiger partial charge in [-0.25, -0.2) is 0 Å². The number of Topliss-reactive ketones (excluding diaryl/α,β-unsaturated/α-hetero) is 1. The van der Waals surface area contributed by atoms with Crippen molar-refractivity contribution in [2.75, 3.05) is 23.3 Å². The Kier molecular flexibility index (Phi) is 4.66. The minimum absolute atomic E-state index is 0.0314. The van der Waals surface area contributed by atoms with E-state index in [4.69, 9.17) is 0 Å². The average molecular weight is 339 g/mol. The Morgan fingerprint density at radius 2 is 1.80 bits per heavy atom. The molecule has 25 heavy (non-hydrogen) atoms. The summed E-state index contributed by atoms with van der Waals surface area (Å²) in [4.78, 5) is 29.8. The van der Waals surface area contributed by atoms with Crippen LogP contribution >= 0.6 is 0 Å². The third-order valence-electron chi connectivity index (χ3n) is 4.92. The van der Waals surface area contributed by atoms with Gasteiger partial charge in [-0.05, 0) is 69.9 Å². The van der Waals surface area contributed by atoms with Crippen molar-refractivity contribution in [3.05, 3.63) is 46.3 Å². The van der Waals surface area contributed by atoms with E-state index >= 15 is 0 Å². The van der Waals surface area contributed by atoms with Crippen molar-refractivity contribution < 1.29 is 9.59 Å². The minimum Gasteiger partial charge on any atom is -0.371 e. The monoisotopic (exact) mass is 339 g/mol. The van der Waals surface area contributed by atoms with Gasteiger partial charge in [0.05, 0.1) is 0 Å². The Hall–Kier alpha value is -2.56.